The van der Waals surface area contributed by atoms with Gasteiger partial charge in [-0.25, -0.2) is 4.79 Å². The molecular weight excluding hydrogens is 448 g/mol. The Bertz CT molecular complexity index is 1200. The van der Waals surface area contributed by atoms with Gasteiger partial charge in [0.05, 0.1) is 25.9 Å². The highest BCUT2D eigenvalue weighted by Gasteiger charge is 2.52. The first kappa shape index (κ1) is 22.9. The molecule has 0 bridgehead atoms. The van der Waals surface area contributed by atoms with E-state index in [9.17, 15) is 14.7 Å². The molecular formula is C27H26N2O6. The number of aliphatic hydroxyl groups excluding tert-OH is 1. The average molecular weight is 475 g/mol. The lowest BCUT2D eigenvalue weighted by atomic mass is 9.83. The summed E-state index contributed by atoms with van der Waals surface area (Å²) in [6.45, 7) is 0.229. The van der Waals surface area contributed by atoms with Crippen LogP contribution in [-0.4, -0.2) is 48.0 Å². The lowest BCUT2D eigenvalue weighted by Crippen LogP contribution is -2.46. The summed E-state index contributed by atoms with van der Waals surface area (Å²) in [5.74, 6) is 0.943. The van der Waals surface area contributed by atoms with Crippen LogP contribution in [0.25, 0.3) is 0 Å². The summed E-state index contributed by atoms with van der Waals surface area (Å²) in [6.07, 6.45) is -0.739. The van der Waals surface area contributed by atoms with Gasteiger partial charge >= 0.3 is 6.03 Å². The summed E-state index contributed by atoms with van der Waals surface area (Å²) in [4.78, 5) is 27.6. The molecule has 2 aliphatic heterocycles. The number of carbonyl (C=O) groups is 2. The number of benzene rings is 3. The Kier molecular flexibility index (Phi) is 6.39. The van der Waals surface area contributed by atoms with Crippen LogP contribution in [0.5, 0.6) is 11.5 Å². The molecule has 8 heteroatoms. The standard InChI is InChI=1S/C27H26N2O6/c30-22(17-33-16-20-11-12-23-24(13-20)35-18-34-23)15-29-25(31)27(28-26(29)32,21-9-5-2-6-10-21)14-19-7-3-1-4-8-19/h1-13,22,30H,14-18H2,(H,28,32). The minimum absolute atomic E-state index is 0.0392. The molecule has 8 nitrogen and oxygen atoms in total. The van der Waals surface area contributed by atoms with Crippen LogP contribution in [-0.2, 0) is 28.1 Å². The number of β-amino-alcohol motifs (C(OH)–C–C–N with tert-alkyl or cyclic N) is 1. The maximum absolute atomic E-state index is 13.6. The smallest absolute Gasteiger partial charge is 0.325 e. The first-order chi connectivity index (χ1) is 17.0. The fourth-order valence-corrected chi connectivity index (χ4v) is 4.44. The second kappa shape index (κ2) is 9.77. The molecule has 0 aromatic heterocycles. The number of imide groups is 1. The van der Waals surface area contributed by atoms with E-state index in [1.807, 2.05) is 72.8 Å². The van der Waals surface area contributed by atoms with Crippen LogP contribution < -0.4 is 14.8 Å². The molecule has 2 heterocycles. The Hall–Kier alpha value is -3.88. The van der Waals surface area contributed by atoms with Gasteiger partial charge in [0.25, 0.3) is 5.91 Å². The van der Waals surface area contributed by atoms with Gasteiger partial charge in [0, 0.05) is 6.42 Å². The number of rotatable bonds is 9. The molecule has 3 aromatic carbocycles. The predicted octanol–water partition coefficient (Wildman–Crippen LogP) is 2.98. The van der Waals surface area contributed by atoms with Crippen molar-refractivity contribution in [3.8, 4) is 11.5 Å². The SMILES string of the molecule is O=C1NC(Cc2ccccc2)(c2ccccc2)C(=O)N1CC(O)COCc1ccc2c(c1)OCO2. The molecule has 0 aliphatic carbocycles. The maximum Gasteiger partial charge on any atom is 0.325 e. The van der Waals surface area contributed by atoms with Crippen LogP contribution in [0, 0.1) is 0 Å². The molecule has 3 amide bonds. The van der Waals surface area contributed by atoms with Crippen molar-refractivity contribution >= 4 is 11.9 Å². The van der Waals surface area contributed by atoms with Crippen molar-refractivity contribution < 1.29 is 28.9 Å². The highest BCUT2D eigenvalue weighted by atomic mass is 16.7. The highest BCUT2D eigenvalue weighted by Crippen LogP contribution is 2.34. The van der Waals surface area contributed by atoms with E-state index in [2.05, 4.69) is 5.32 Å². The predicted molar refractivity (Wildman–Crippen MR) is 127 cm³/mol. The summed E-state index contributed by atoms with van der Waals surface area (Å²) in [5, 5.41) is 13.5. The van der Waals surface area contributed by atoms with Gasteiger partial charge < -0.3 is 24.6 Å². The zero-order valence-electron chi connectivity index (χ0n) is 19.1. The van der Waals surface area contributed by atoms with Crippen molar-refractivity contribution in [3.63, 3.8) is 0 Å². The Balaban J connectivity index is 1.25. The van der Waals surface area contributed by atoms with Crippen molar-refractivity contribution in [2.24, 2.45) is 0 Å². The normalized spacial score (nSPS) is 19.6. The highest BCUT2D eigenvalue weighted by molar-refractivity contribution is 6.07. The number of urea groups is 1. The second-order valence-corrected chi connectivity index (χ2v) is 8.64. The lowest BCUT2D eigenvalue weighted by molar-refractivity contribution is -0.133. The van der Waals surface area contributed by atoms with Crippen LogP contribution in [0.2, 0.25) is 0 Å². The van der Waals surface area contributed by atoms with Crippen molar-refractivity contribution in [2.45, 2.75) is 24.7 Å². The van der Waals surface area contributed by atoms with E-state index in [1.165, 1.54) is 0 Å². The van der Waals surface area contributed by atoms with Gasteiger partial charge in [-0.05, 0) is 28.8 Å². The molecule has 35 heavy (non-hydrogen) atoms. The average Bonchev–Trinajstić information content (AvgIpc) is 3.44. The van der Waals surface area contributed by atoms with Gasteiger partial charge in [-0.3, -0.25) is 9.69 Å². The maximum atomic E-state index is 13.6. The van der Waals surface area contributed by atoms with E-state index in [4.69, 9.17) is 14.2 Å². The topological polar surface area (TPSA) is 97.3 Å². The first-order valence-corrected chi connectivity index (χ1v) is 11.4. The molecule has 180 valence electrons. The summed E-state index contributed by atoms with van der Waals surface area (Å²) >= 11 is 0. The number of hydrogen-bond donors (Lipinski definition) is 2. The molecule has 0 radical (unpaired) electrons. The molecule has 5 rings (SSSR count). The van der Waals surface area contributed by atoms with Gasteiger partial charge in [0.2, 0.25) is 6.79 Å². The molecule has 0 saturated carbocycles. The van der Waals surface area contributed by atoms with Crippen LogP contribution >= 0.6 is 0 Å². The van der Waals surface area contributed by atoms with E-state index in [-0.39, 0.29) is 26.6 Å². The number of hydrogen-bond acceptors (Lipinski definition) is 6. The van der Waals surface area contributed by atoms with E-state index in [0.29, 0.717) is 23.5 Å². The van der Waals surface area contributed by atoms with Crippen LogP contribution in [0.15, 0.2) is 78.9 Å². The van der Waals surface area contributed by atoms with Crippen LogP contribution in [0.1, 0.15) is 16.7 Å². The van der Waals surface area contributed by atoms with E-state index < -0.39 is 23.6 Å². The zero-order valence-corrected chi connectivity index (χ0v) is 19.1. The van der Waals surface area contributed by atoms with E-state index in [1.54, 1.807) is 6.07 Å². The Labute approximate surface area is 203 Å². The molecule has 0 spiro atoms. The number of nitrogens with one attached hydrogen (secondary N) is 1. The molecule has 2 aliphatic rings. The van der Waals surface area contributed by atoms with Gasteiger partial charge in [-0.1, -0.05) is 66.7 Å². The number of fused-ring (bicyclic) bond motifs is 1. The minimum Gasteiger partial charge on any atom is -0.454 e. The number of aliphatic hydroxyl groups is 1. The van der Waals surface area contributed by atoms with Crippen molar-refractivity contribution in [1.82, 2.24) is 10.2 Å². The quantitative estimate of drug-likeness (QED) is 0.463. The molecule has 1 fully saturated rings. The third kappa shape index (κ3) is 4.71. The third-order valence-corrected chi connectivity index (χ3v) is 6.16. The fourth-order valence-electron chi connectivity index (χ4n) is 4.44. The van der Waals surface area contributed by atoms with Crippen molar-refractivity contribution in [1.29, 1.82) is 0 Å². The summed E-state index contributed by atoms with van der Waals surface area (Å²) in [7, 11) is 0. The molecule has 2 atom stereocenters. The molecule has 2 N–H and O–H groups in total. The Morgan fingerprint density at radius 2 is 1.66 bits per heavy atom. The van der Waals surface area contributed by atoms with Crippen molar-refractivity contribution in [2.75, 3.05) is 19.9 Å². The number of carbonyl (C=O) groups excluding carboxylic acids is 2. The monoisotopic (exact) mass is 474 g/mol. The first-order valence-electron chi connectivity index (χ1n) is 11.4. The second-order valence-electron chi connectivity index (χ2n) is 8.64. The Morgan fingerprint density at radius 1 is 0.943 bits per heavy atom. The van der Waals surface area contributed by atoms with Crippen LogP contribution in [0.4, 0.5) is 4.79 Å². The Morgan fingerprint density at radius 3 is 2.43 bits per heavy atom. The van der Waals surface area contributed by atoms with Crippen LogP contribution in [0.3, 0.4) is 0 Å². The van der Waals surface area contributed by atoms with Gasteiger partial charge in [-0.2, -0.15) is 0 Å². The van der Waals surface area contributed by atoms with Gasteiger partial charge in [-0.15, -0.1) is 0 Å². The summed E-state index contributed by atoms with van der Waals surface area (Å²) < 4.78 is 16.3. The fraction of sp³-hybridized carbons (Fsp3) is 0.259. The van der Waals surface area contributed by atoms with Crippen molar-refractivity contribution in [3.05, 3.63) is 95.6 Å². The molecule has 3 aromatic rings. The third-order valence-electron chi connectivity index (χ3n) is 6.16. The zero-order chi connectivity index (χ0) is 24.3. The van der Waals surface area contributed by atoms with Gasteiger partial charge in [0.15, 0.2) is 17.0 Å². The van der Waals surface area contributed by atoms with E-state index in [0.717, 1.165) is 16.0 Å². The molecule has 1 saturated heterocycles. The lowest BCUT2D eigenvalue weighted by Gasteiger charge is -2.28. The largest absolute Gasteiger partial charge is 0.454 e. The minimum atomic E-state index is -1.24. The number of nitrogens with zero attached hydrogens (tertiary/aromatic N) is 1. The summed E-state index contributed by atoms with van der Waals surface area (Å²) in [6, 6.07) is 23.7. The number of ether oxygens (including phenoxy) is 3. The van der Waals surface area contributed by atoms with E-state index >= 15 is 0 Å². The number of amides is 3. The molecule has 2 unspecified atom stereocenters. The van der Waals surface area contributed by atoms with Gasteiger partial charge in [0.1, 0.15) is 0 Å². The summed E-state index contributed by atoms with van der Waals surface area (Å²) in [5.41, 5.74) is 1.23.